The van der Waals surface area contributed by atoms with Crippen molar-refractivity contribution in [2.75, 3.05) is 20.8 Å². The Hall–Kier alpha value is -2.86. The summed E-state index contributed by atoms with van der Waals surface area (Å²) in [4.78, 5) is 21.1. The number of nitrogens with one attached hydrogen (secondary N) is 2. The Morgan fingerprint density at radius 2 is 1.96 bits per heavy atom. The van der Waals surface area contributed by atoms with Gasteiger partial charge in [-0.15, -0.1) is 0 Å². The van der Waals surface area contributed by atoms with Gasteiger partial charge < -0.3 is 19.4 Å². The Morgan fingerprint density at radius 3 is 2.70 bits per heavy atom. The minimum Gasteiger partial charge on any atom is -0.493 e. The molecule has 2 N–H and O–H groups in total. The smallest absolute Gasteiger partial charge is 0.258 e. The third-order valence-corrected chi connectivity index (χ3v) is 4.79. The van der Waals surface area contributed by atoms with Crippen molar-refractivity contribution in [1.82, 2.24) is 9.97 Å². The van der Waals surface area contributed by atoms with E-state index in [9.17, 15) is 4.79 Å². The highest BCUT2D eigenvalue weighted by Gasteiger charge is 2.20. The second kappa shape index (κ2) is 8.22. The van der Waals surface area contributed by atoms with Crippen LogP contribution in [-0.2, 0) is 6.54 Å². The Balaban J connectivity index is 1.82. The molecule has 27 heavy (non-hydrogen) atoms. The molecule has 0 aliphatic heterocycles. The lowest BCUT2D eigenvalue weighted by atomic mass is 10.1. The molecule has 2 atom stereocenters. The van der Waals surface area contributed by atoms with Crippen molar-refractivity contribution in [3.63, 3.8) is 0 Å². The molecule has 6 nitrogen and oxygen atoms in total. The number of ether oxygens (including phenoxy) is 2. The van der Waals surface area contributed by atoms with Crippen LogP contribution in [0, 0.1) is 0 Å². The van der Waals surface area contributed by atoms with Gasteiger partial charge >= 0.3 is 0 Å². The minimum absolute atomic E-state index is 0.0277. The number of nitrogens with zero attached hydrogens (tertiary/aromatic N) is 1. The SMILES string of the molecule is CCOc1ccc(C[NH+](C)[C@@H](C)c2nc3ccccc3c(=O)[nH]2)cc1OC. The molecule has 0 fully saturated rings. The van der Waals surface area contributed by atoms with Crippen molar-refractivity contribution in [3.05, 3.63) is 64.2 Å². The van der Waals surface area contributed by atoms with Crippen molar-refractivity contribution in [2.45, 2.75) is 26.4 Å². The summed E-state index contributed by atoms with van der Waals surface area (Å²) >= 11 is 0. The van der Waals surface area contributed by atoms with E-state index in [1.807, 2.05) is 43.3 Å². The van der Waals surface area contributed by atoms with Gasteiger partial charge in [0.15, 0.2) is 17.3 Å². The molecular formula is C21H26N3O3+. The molecule has 3 aromatic rings. The number of methoxy groups -OCH3 is 1. The molecule has 0 saturated heterocycles. The first-order chi connectivity index (χ1) is 13.0. The zero-order chi connectivity index (χ0) is 19.4. The lowest BCUT2D eigenvalue weighted by molar-refractivity contribution is -0.924. The fraction of sp³-hybridized carbons (Fsp3) is 0.333. The maximum atomic E-state index is 12.3. The number of hydrogen-bond acceptors (Lipinski definition) is 4. The highest BCUT2D eigenvalue weighted by Crippen LogP contribution is 2.27. The van der Waals surface area contributed by atoms with Crippen LogP contribution in [0.4, 0.5) is 0 Å². The van der Waals surface area contributed by atoms with E-state index in [2.05, 4.69) is 23.9 Å². The number of aromatic amines is 1. The van der Waals surface area contributed by atoms with E-state index < -0.39 is 0 Å². The van der Waals surface area contributed by atoms with Gasteiger partial charge in [0, 0.05) is 5.56 Å². The van der Waals surface area contributed by atoms with Gasteiger partial charge in [-0.25, -0.2) is 4.98 Å². The van der Waals surface area contributed by atoms with E-state index >= 15 is 0 Å². The molecule has 6 heteroatoms. The van der Waals surface area contributed by atoms with Gasteiger partial charge in [0.25, 0.3) is 5.56 Å². The van der Waals surface area contributed by atoms with E-state index in [0.29, 0.717) is 17.8 Å². The minimum atomic E-state index is -0.0991. The van der Waals surface area contributed by atoms with Crippen LogP contribution >= 0.6 is 0 Å². The van der Waals surface area contributed by atoms with Crippen LogP contribution in [0.1, 0.15) is 31.3 Å². The molecule has 0 bridgehead atoms. The lowest BCUT2D eigenvalue weighted by Crippen LogP contribution is -3.07. The van der Waals surface area contributed by atoms with Crippen LogP contribution in [0.2, 0.25) is 0 Å². The van der Waals surface area contributed by atoms with E-state index in [1.165, 1.54) is 4.90 Å². The summed E-state index contributed by atoms with van der Waals surface area (Å²) in [6, 6.07) is 13.4. The quantitative estimate of drug-likeness (QED) is 0.670. The van der Waals surface area contributed by atoms with Crippen LogP contribution in [0.3, 0.4) is 0 Å². The summed E-state index contributed by atoms with van der Waals surface area (Å²) in [7, 11) is 3.73. The average Bonchev–Trinajstić information content (AvgIpc) is 2.68. The Labute approximate surface area is 158 Å². The number of fused-ring (bicyclic) bond motifs is 1. The number of hydrogen-bond donors (Lipinski definition) is 2. The number of H-pyrrole nitrogens is 1. The molecule has 1 unspecified atom stereocenters. The first-order valence-corrected chi connectivity index (χ1v) is 9.14. The maximum absolute atomic E-state index is 12.3. The average molecular weight is 368 g/mol. The van der Waals surface area contributed by atoms with Crippen LogP contribution < -0.4 is 19.9 Å². The molecule has 142 valence electrons. The van der Waals surface area contributed by atoms with Crippen molar-refractivity contribution in [1.29, 1.82) is 0 Å². The molecular weight excluding hydrogens is 342 g/mol. The van der Waals surface area contributed by atoms with Crippen LogP contribution in [0.25, 0.3) is 10.9 Å². The third kappa shape index (κ3) is 4.11. The van der Waals surface area contributed by atoms with E-state index in [0.717, 1.165) is 29.1 Å². The summed E-state index contributed by atoms with van der Waals surface area (Å²) in [6.45, 7) is 5.37. The highest BCUT2D eigenvalue weighted by molar-refractivity contribution is 5.77. The van der Waals surface area contributed by atoms with Crippen molar-refractivity contribution in [2.24, 2.45) is 0 Å². The van der Waals surface area contributed by atoms with Crippen LogP contribution in [-0.4, -0.2) is 30.7 Å². The predicted octanol–water partition coefficient (Wildman–Crippen LogP) is 2.11. The van der Waals surface area contributed by atoms with Crippen molar-refractivity contribution < 1.29 is 14.4 Å². The zero-order valence-corrected chi connectivity index (χ0v) is 16.2. The van der Waals surface area contributed by atoms with Gasteiger partial charge in [-0.1, -0.05) is 12.1 Å². The van der Waals surface area contributed by atoms with Gasteiger partial charge in [0.1, 0.15) is 12.6 Å². The molecule has 0 radical (unpaired) electrons. The molecule has 2 aromatic carbocycles. The van der Waals surface area contributed by atoms with Gasteiger partial charge in [0.05, 0.1) is 31.7 Å². The maximum Gasteiger partial charge on any atom is 0.258 e. The zero-order valence-electron chi connectivity index (χ0n) is 16.2. The second-order valence-electron chi connectivity index (χ2n) is 6.63. The van der Waals surface area contributed by atoms with E-state index in [1.54, 1.807) is 13.2 Å². The fourth-order valence-electron chi connectivity index (χ4n) is 3.11. The molecule has 0 amide bonds. The summed E-state index contributed by atoms with van der Waals surface area (Å²) in [5.41, 5.74) is 1.75. The van der Waals surface area contributed by atoms with Crippen LogP contribution in [0.15, 0.2) is 47.3 Å². The number of para-hydroxylation sites is 1. The first kappa shape index (κ1) is 18.9. The molecule has 1 aromatic heterocycles. The van der Waals surface area contributed by atoms with Crippen molar-refractivity contribution >= 4 is 10.9 Å². The van der Waals surface area contributed by atoms with Gasteiger partial charge in [-0.05, 0) is 44.2 Å². The number of aromatic nitrogens is 2. The van der Waals surface area contributed by atoms with Gasteiger partial charge in [0.2, 0.25) is 0 Å². The molecule has 1 heterocycles. The molecule has 0 spiro atoms. The fourth-order valence-corrected chi connectivity index (χ4v) is 3.11. The Bertz CT molecular complexity index is 984. The van der Waals surface area contributed by atoms with E-state index in [4.69, 9.17) is 9.47 Å². The highest BCUT2D eigenvalue weighted by atomic mass is 16.5. The normalized spacial score (nSPS) is 13.3. The summed E-state index contributed by atoms with van der Waals surface area (Å²) in [5.74, 6) is 2.16. The summed E-state index contributed by atoms with van der Waals surface area (Å²) in [5, 5.41) is 0.613. The number of quaternary nitrogens is 1. The van der Waals surface area contributed by atoms with Crippen LogP contribution in [0.5, 0.6) is 11.5 Å². The first-order valence-electron chi connectivity index (χ1n) is 9.14. The standard InChI is InChI=1S/C21H25N3O3/c1-5-27-18-11-10-15(12-19(18)26-4)13-24(3)14(2)20-22-17-9-7-6-8-16(17)21(25)23-20/h6-12,14H,5,13H2,1-4H3,(H,22,23,25)/p+1/t14-/m0/s1. The molecule has 0 aliphatic carbocycles. The summed E-state index contributed by atoms with van der Waals surface area (Å²) < 4.78 is 11.0. The van der Waals surface area contributed by atoms with E-state index in [-0.39, 0.29) is 11.6 Å². The topological polar surface area (TPSA) is 68.7 Å². The third-order valence-electron chi connectivity index (χ3n) is 4.79. The predicted molar refractivity (Wildman–Crippen MR) is 106 cm³/mol. The largest absolute Gasteiger partial charge is 0.493 e. The number of rotatable bonds is 7. The monoisotopic (exact) mass is 368 g/mol. The molecule has 0 saturated carbocycles. The number of benzene rings is 2. The summed E-state index contributed by atoms with van der Waals surface area (Å²) in [6.07, 6.45) is 0. The Kier molecular flexibility index (Phi) is 5.76. The van der Waals surface area contributed by atoms with Gasteiger partial charge in [-0.2, -0.15) is 0 Å². The Morgan fingerprint density at radius 1 is 1.19 bits per heavy atom. The molecule has 3 rings (SSSR count). The van der Waals surface area contributed by atoms with Gasteiger partial charge in [-0.3, -0.25) is 4.79 Å². The molecule has 0 aliphatic rings. The second-order valence-corrected chi connectivity index (χ2v) is 6.63. The van der Waals surface area contributed by atoms with Crippen molar-refractivity contribution in [3.8, 4) is 11.5 Å². The lowest BCUT2D eigenvalue weighted by Gasteiger charge is -2.21.